The fraction of sp³-hybridized carbons (Fsp3) is 0.500. The first kappa shape index (κ1) is 29.2. The van der Waals surface area contributed by atoms with Crippen LogP contribution >= 0.6 is 0 Å². The number of aromatic hydroxyl groups is 1. The number of anilines is 3. The van der Waals surface area contributed by atoms with Gasteiger partial charge in [0.05, 0.1) is 35.4 Å². The molecular formula is C34H40F2N8O2. The predicted octanol–water partition coefficient (Wildman–Crippen LogP) is 4.85. The van der Waals surface area contributed by atoms with Crippen LogP contribution in [0.4, 0.5) is 26.0 Å². The molecule has 4 aliphatic heterocycles. The van der Waals surface area contributed by atoms with Crippen LogP contribution in [0.1, 0.15) is 61.0 Å². The minimum Gasteiger partial charge on any atom is -0.508 e. The summed E-state index contributed by atoms with van der Waals surface area (Å²) in [5, 5.41) is 19.5. The maximum absolute atomic E-state index is 15.0. The molecule has 0 spiro atoms. The number of nitrogen functional groups attached to an aromatic ring is 1. The Labute approximate surface area is 266 Å². The minimum absolute atomic E-state index is 0.138. The molecule has 2 aromatic heterocycles. The first-order chi connectivity index (χ1) is 22.3. The van der Waals surface area contributed by atoms with Crippen molar-refractivity contribution in [1.82, 2.24) is 25.1 Å². The summed E-state index contributed by atoms with van der Waals surface area (Å²) in [6.07, 6.45) is 5.33. The zero-order chi connectivity index (χ0) is 31.6. The third kappa shape index (κ3) is 4.88. The summed E-state index contributed by atoms with van der Waals surface area (Å²) in [5.41, 5.74) is 10.8. The number of aromatic nitrogens is 4. The number of nitrogens with one attached hydrogen (secondary N) is 1. The van der Waals surface area contributed by atoms with Gasteiger partial charge in [-0.3, -0.25) is 10.00 Å². The predicted molar refractivity (Wildman–Crippen MR) is 173 cm³/mol. The molecule has 4 aliphatic rings. The maximum atomic E-state index is 15.0. The minimum atomic E-state index is -0.844. The quantitative estimate of drug-likeness (QED) is 0.263. The Morgan fingerprint density at radius 3 is 2.87 bits per heavy atom. The average molecular weight is 631 g/mol. The molecule has 12 heteroatoms. The van der Waals surface area contributed by atoms with Gasteiger partial charge in [-0.05, 0) is 61.7 Å². The van der Waals surface area contributed by atoms with E-state index in [1.54, 1.807) is 24.4 Å². The lowest BCUT2D eigenvalue weighted by atomic mass is 9.95. The Balaban J connectivity index is 1.15. The Hall–Kier alpha value is -4.19. The van der Waals surface area contributed by atoms with E-state index in [0.29, 0.717) is 62.8 Å². The summed E-state index contributed by atoms with van der Waals surface area (Å²) in [4.78, 5) is 16.7. The Kier molecular flexibility index (Phi) is 7.15. The van der Waals surface area contributed by atoms with Crippen molar-refractivity contribution in [2.45, 2.75) is 69.6 Å². The SMILES string of the molecule is CCc1c(F)ccc2cc(O)cc(N3CCc4c(nc(OC[C@@]56CCCN5C[C@H](F)C6)nc4N4CCC(c5[nH]ncc5N)C4)C3)c12. The van der Waals surface area contributed by atoms with Crippen molar-refractivity contribution in [3.8, 4) is 11.8 Å². The van der Waals surface area contributed by atoms with Gasteiger partial charge in [0, 0.05) is 61.2 Å². The Morgan fingerprint density at radius 1 is 1.15 bits per heavy atom. The number of hydrogen-bond donors (Lipinski definition) is 3. The van der Waals surface area contributed by atoms with Gasteiger partial charge in [0.2, 0.25) is 0 Å². The molecule has 46 heavy (non-hydrogen) atoms. The number of hydrogen-bond acceptors (Lipinski definition) is 9. The zero-order valence-corrected chi connectivity index (χ0v) is 26.1. The molecule has 2 aromatic carbocycles. The number of benzene rings is 2. The molecule has 0 bridgehead atoms. The first-order valence-corrected chi connectivity index (χ1v) is 16.5. The van der Waals surface area contributed by atoms with Crippen molar-refractivity contribution in [1.29, 1.82) is 0 Å². The lowest BCUT2D eigenvalue weighted by Crippen LogP contribution is -2.43. The van der Waals surface area contributed by atoms with Crippen LogP contribution in [0.25, 0.3) is 10.8 Å². The Morgan fingerprint density at radius 2 is 2.04 bits per heavy atom. The molecular weight excluding hydrogens is 590 g/mol. The molecule has 0 radical (unpaired) electrons. The molecule has 3 atom stereocenters. The van der Waals surface area contributed by atoms with Crippen LogP contribution < -0.4 is 20.3 Å². The Bertz CT molecular complexity index is 1800. The second-order valence-corrected chi connectivity index (χ2v) is 13.4. The van der Waals surface area contributed by atoms with Gasteiger partial charge in [-0.15, -0.1) is 0 Å². The van der Waals surface area contributed by atoms with Gasteiger partial charge >= 0.3 is 6.01 Å². The number of halogens is 2. The van der Waals surface area contributed by atoms with Crippen molar-refractivity contribution in [2.24, 2.45) is 0 Å². The van der Waals surface area contributed by atoms with Gasteiger partial charge < -0.3 is 25.4 Å². The van der Waals surface area contributed by atoms with Crippen LogP contribution in [0.15, 0.2) is 30.5 Å². The maximum Gasteiger partial charge on any atom is 0.318 e. The molecule has 0 amide bonds. The normalized spacial score (nSPS) is 24.6. The van der Waals surface area contributed by atoms with Crippen molar-refractivity contribution in [2.75, 3.05) is 54.9 Å². The molecule has 6 heterocycles. The molecule has 8 rings (SSSR count). The van der Waals surface area contributed by atoms with Crippen molar-refractivity contribution >= 4 is 28.0 Å². The zero-order valence-electron chi connectivity index (χ0n) is 26.1. The van der Waals surface area contributed by atoms with Crippen LogP contribution in [0, 0.1) is 5.82 Å². The number of H-pyrrole nitrogens is 1. The highest BCUT2D eigenvalue weighted by Gasteiger charge is 2.49. The molecule has 10 nitrogen and oxygen atoms in total. The fourth-order valence-electron chi connectivity index (χ4n) is 8.46. The van der Waals surface area contributed by atoms with Gasteiger partial charge in [0.15, 0.2) is 0 Å². The third-order valence-electron chi connectivity index (χ3n) is 10.7. The number of alkyl halides is 1. The van der Waals surface area contributed by atoms with Gasteiger partial charge in [-0.1, -0.05) is 13.0 Å². The molecule has 242 valence electrons. The van der Waals surface area contributed by atoms with Crippen molar-refractivity contribution in [3.63, 3.8) is 0 Å². The number of ether oxygens (including phenoxy) is 1. The summed E-state index contributed by atoms with van der Waals surface area (Å²) in [6, 6.07) is 6.91. The molecule has 1 unspecified atom stereocenters. The van der Waals surface area contributed by atoms with E-state index in [4.69, 9.17) is 20.4 Å². The van der Waals surface area contributed by atoms with Gasteiger partial charge in [-0.2, -0.15) is 15.1 Å². The molecule has 0 saturated carbocycles. The number of fused-ring (bicyclic) bond motifs is 3. The van der Waals surface area contributed by atoms with E-state index in [1.807, 2.05) is 6.92 Å². The number of aryl methyl sites for hydroxylation is 1. The van der Waals surface area contributed by atoms with E-state index in [0.717, 1.165) is 78.1 Å². The van der Waals surface area contributed by atoms with E-state index < -0.39 is 6.17 Å². The average Bonchev–Trinajstić information content (AvgIpc) is 3.83. The highest BCUT2D eigenvalue weighted by molar-refractivity contribution is 5.98. The van der Waals surface area contributed by atoms with E-state index in [2.05, 4.69) is 24.9 Å². The van der Waals surface area contributed by atoms with Crippen LogP contribution in [-0.4, -0.2) is 81.2 Å². The van der Waals surface area contributed by atoms with Gasteiger partial charge in [-0.25, -0.2) is 8.78 Å². The molecule has 0 aliphatic carbocycles. The van der Waals surface area contributed by atoms with Crippen LogP contribution in [0.3, 0.4) is 0 Å². The van der Waals surface area contributed by atoms with E-state index in [1.165, 1.54) is 6.07 Å². The number of rotatable bonds is 7. The van der Waals surface area contributed by atoms with E-state index in [9.17, 15) is 9.50 Å². The number of nitrogens with two attached hydrogens (primary N) is 1. The molecule has 4 aromatic rings. The van der Waals surface area contributed by atoms with E-state index in [-0.39, 0.29) is 23.0 Å². The van der Waals surface area contributed by atoms with Crippen LogP contribution in [-0.2, 0) is 19.4 Å². The lowest BCUT2D eigenvalue weighted by molar-refractivity contribution is 0.107. The molecule has 3 fully saturated rings. The number of nitrogens with zero attached hydrogens (tertiary/aromatic N) is 6. The monoisotopic (exact) mass is 630 g/mol. The highest BCUT2D eigenvalue weighted by Crippen LogP contribution is 2.42. The van der Waals surface area contributed by atoms with Crippen molar-refractivity contribution in [3.05, 3.63) is 58.8 Å². The summed E-state index contributed by atoms with van der Waals surface area (Å²) in [5.74, 6) is 0.948. The molecule has 4 N–H and O–H groups in total. The summed E-state index contributed by atoms with van der Waals surface area (Å²) in [7, 11) is 0. The third-order valence-corrected chi connectivity index (χ3v) is 10.7. The number of aromatic amines is 1. The van der Waals surface area contributed by atoms with E-state index >= 15 is 4.39 Å². The standard InChI is InChI=1S/C34H40F2N8O2/c1-2-24-26(36)5-4-20-12-23(45)13-29(30(20)24)42-11-7-25-28(18-42)39-33(46-19-34-8-3-9-44(34)17-22(35)14-34)40-32(25)43-10-6-21(16-43)31-27(37)15-38-41-31/h4-5,12-13,15,21-22,45H,2-3,6-11,14,16-19,37H2,1H3,(H,38,41)/t21?,22-,34+/m1/s1. The second-order valence-electron chi connectivity index (χ2n) is 13.4. The largest absolute Gasteiger partial charge is 0.508 e. The topological polar surface area (TPSA) is 120 Å². The van der Waals surface area contributed by atoms with Crippen molar-refractivity contribution < 1.29 is 18.6 Å². The van der Waals surface area contributed by atoms with Gasteiger partial charge in [0.1, 0.15) is 30.2 Å². The number of phenolic OH excluding ortho intramolecular Hbond substituents is 1. The van der Waals surface area contributed by atoms with Crippen LogP contribution in [0.5, 0.6) is 11.8 Å². The fourth-order valence-corrected chi connectivity index (χ4v) is 8.46. The molecule has 3 saturated heterocycles. The highest BCUT2D eigenvalue weighted by atomic mass is 19.1. The first-order valence-electron chi connectivity index (χ1n) is 16.5. The number of phenols is 1. The summed E-state index contributed by atoms with van der Waals surface area (Å²) < 4.78 is 35.9. The van der Waals surface area contributed by atoms with Crippen LogP contribution in [0.2, 0.25) is 0 Å². The lowest BCUT2D eigenvalue weighted by Gasteiger charge is -2.34. The summed E-state index contributed by atoms with van der Waals surface area (Å²) in [6.45, 7) is 6.28. The van der Waals surface area contributed by atoms with Gasteiger partial charge in [0.25, 0.3) is 0 Å². The second kappa shape index (κ2) is 11.3. The summed E-state index contributed by atoms with van der Waals surface area (Å²) >= 11 is 0. The smallest absolute Gasteiger partial charge is 0.318 e.